The van der Waals surface area contributed by atoms with E-state index in [-0.39, 0.29) is 53.3 Å². The Balaban J connectivity index is 1.58. The number of benzene rings is 2. The number of likely N-dealkylation sites (tertiary alicyclic amines) is 1. The minimum Gasteiger partial charge on any atom is -0.336 e. The SMILES string of the molecule is CC1(C(F)(F)F)C=C(CN2CCNC2=O)C=C(C(F)(F)F)C1(CCN1CCC(c2ccccc2)CC1)c1ccc(Cl)c(Cl)c1. The largest absolute Gasteiger partial charge is 0.413 e. The molecule has 1 N–H and O–H groups in total. The molecular formula is C32H33Cl2F6N3O. The first-order valence-corrected chi connectivity index (χ1v) is 15.2. The highest BCUT2D eigenvalue weighted by Crippen LogP contribution is 2.64. The number of amides is 2. The van der Waals surface area contributed by atoms with Crippen LogP contribution in [-0.2, 0) is 5.41 Å². The predicted octanol–water partition coefficient (Wildman–Crippen LogP) is 8.52. The summed E-state index contributed by atoms with van der Waals surface area (Å²) in [6.45, 7) is 1.93. The number of urea groups is 1. The van der Waals surface area contributed by atoms with Gasteiger partial charge < -0.3 is 15.1 Å². The van der Waals surface area contributed by atoms with Gasteiger partial charge >= 0.3 is 18.4 Å². The maximum atomic E-state index is 15.4. The van der Waals surface area contributed by atoms with Crippen molar-refractivity contribution in [3.8, 4) is 0 Å². The van der Waals surface area contributed by atoms with Crippen LogP contribution >= 0.6 is 23.2 Å². The summed E-state index contributed by atoms with van der Waals surface area (Å²) in [5.41, 5.74) is -6.20. The molecule has 0 radical (unpaired) electrons. The molecule has 2 heterocycles. The van der Waals surface area contributed by atoms with Crippen molar-refractivity contribution in [1.29, 1.82) is 0 Å². The molecule has 2 aliphatic heterocycles. The van der Waals surface area contributed by atoms with Crippen molar-refractivity contribution in [2.24, 2.45) is 5.41 Å². The average Bonchev–Trinajstić information content (AvgIpc) is 3.37. The fourth-order valence-electron chi connectivity index (χ4n) is 7.04. The van der Waals surface area contributed by atoms with E-state index in [1.165, 1.54) is 22.6 Å². The van der Waals surface area contributed by atoms with Gasteiger partial charge in [-0.3, -0.25) is 0 Å². The number of hydrogen-bond donors (Lipinski definition) is 1. The van der Waals surface area contributed by atoms with Crippen molar-refractivity contribution in [2.45, 2.75) is 49.9 Å². The van der Waals surface area contributed by atoms with Crippen LogP contribution in [0, 0.1) is 5.41 Å². The Hall–Kier alpha value is -2.69. The number of hydrogen-bond acceptors (Lipinski definition) is 2. The molecule has 1 aliphatic carbocycles. The van der Waals surface area contributed by atoms with Crippen LogP contribution < -0.4 is 5.32 Å². The smallest absolute Gasteiger partial charge is 0.336 e. The van der Waals surface area contributed by atoms with E-state index < -0.39 is 41.2 Å². The molecule has 2 unspecified atom stereocenters. The van der Waals surface area contributed by atoms with Crippen LogP contribution in [0.5, 0.6) is 0 Å². The first-order valence-electron chi connectivity index (χ1n) is 14.5. The molecule has 2 fully saturated rings. The number of rotatable bonds is 7. The van der Waals surface area contributed by atoms with Gasteiger partial charge in [-0.1, -0.05) is 65.7 Å². The number of allylic oxidation sites excluding steroid dienone is 2. The molecule has 12 heteroatoms. The highest BCUT2D eigenvalue weighted by molar-refractivity contribution is 6.42. The number of piperidine rings is 1. The summed E-state index contributed by atoms with van der Waals surface area (Å²) in [7, 11) is 0. The van der Waals surface area contributed by atoms with Crippen LogP contribution in [0.15, 0.2) is 71.8 Å². The van der Waals surface area contributed by atoms with Gasteiger partial charge in [-0.15, -0.1) is 0 Å². The lowest BCUT2D eigenvalue weighted by atomic mass is 9.52. The number of nitrogens with zero attached hydrogens (tertiary/aromatic N) is 2. The fourth-order valence-corrected chi connectivity index (χ4v) is 7.34. The predicted molar refractivity (Wildman–Crippen MR) is 159 cm³/mol. The molecule has 2 aromatic rings. The van der Waals surface area contributed by atoms with Gasteiger partial charge in [0.1, 0.15) is 0 Å². The Morgan fingerprint density at radius 3 is 2.20 bits per heavy atom. The number of carbonyl (C=O) groups excluding carboxylic acids is 1. The molecule has 2 atom stereocenters. The van der Waals surface area contributed by atoms with Crippen LogP contribution in [-0.4, -0.2) is 67.5 Å². The van der Waals surface area contributed by atoms with Crippen LogP contribution in [0.1, 0.15) is 43.2 Å². The van der Waals surface area contributed by atoms with Gasteiger partial charge in [0.05, 0.1) is 15.5 Å². The summed E-state index contributed by atoms with van der Waals surface area (Å²) in [5, 5.41) is 2.42. The van der Waals surface area contributed by atoms with Crippen molar-refractivity contribution in [3.63, 3.8) is 0 Å². The van der Waals surface area contributed by atoms with Crippen LogP contribution in [0.3, 0.4) is 0 Å². The van der Waals surface area contributed by atoms with E-state index in [1.807, 2.05) is 35.2 Å². The first kappa shape index (κ1) is 32.7. The highest BCUT2D eigenvalue weighted by atomic mass is 35.5. The Morgan fingerprint density at radius 1 is 0.955 bits per heavy atom. The summed E-state index contributed by atoms with van der Waals surface area (Å²) in [5.74, 6) is 0.269. The van der Waals surface area contributed by atoms with Crippen LogP contribution in [0.25, 0.3) is 0 Å². The zero-order valence-electron chi connectivity index (χ0n) is 24.0. The lowest BCUT2D eigenvalue weighted by Crippen LogP contribution is -2.58. The second-order valence-corrected chi connectivity index (χ2v) is 12.8. The Morgan fingerprint density at radius 2 is 1.64 bits per heavy atom. The summed E-state index contributed by atoms with van der Waals surface area (Å²) < 4.78 is 91.8. The van der Waals surface area contributed by atoms with E-state index in [4.69, 9.17) is 23.2 Å². The average molecular weight is 661 g/mol. The van der Waals surface area contributed by atoms with Gasteiger partial charge in [0.15, 0.2) is 0 Å². The number of halogens is 8. The number of alkyl halides is 6. The van der Waals surface area contributed by atoms with Gasteiger partial charge in [0.25, 0.3) is 0 Å². The highest BCUT2D eigenvalue weighted by Gasteiger charge is 2.68. The summed E-state index contributed by atoms with van der Waals surface area (Å²) in [6, 6.07) is 12.9. The maximum Gasteiger partial charge on any atom is 0.413 e. The molecule has 0 bridgehead atoms. The maximum absolute atomic E-state index is 15.4. The quantitative estimate of drug-likeness (QED) is 0.303. The molecule has 5 rings (SSSR count). The molecule has 0 spiro atoms. The Kier molecular flexibility index (Phi) is 9.10. The molecule has 4 nitrogen and oxygen atoms in total. The van der Waals surface area contributed by atoms with Crippen LogP contribution in [0.2, 0.25) is 10.0 Å². The van der Waals surface area contributed by atoms with E-state index in [9.17, 15) is 4.79 Å². The Labute approximate surface area is 262 Å². The first-order chi connectivity index (χ1) is 20.7. The fraction of sp³-hybridized carbons (Fsp3) is 0.469. The zero-order chi connectivity index (χ0) is 31.9. The standard InChI is InChI=1S/C32H33Cl2F6N3O/c1-29(32(38,39)40)19-21(20-43-16-12-41-28(43)44)17-27(31(35,36)37)30(29,24-7-8-25(33)26(34)18-24)11-15-42-13-9-23(10-14-42)22-5-3-2-4-6-22/h2-8,17-19,23H,9-16,20H2,1H3,(H,41,44). The second-order valence-electron chi connectivity index (χ2n) is 11.9. The van der Waals surface area contributed by atoms with Gasteiger partial charge in [-0.25, -0.2) is 4.79 Å². The normalized spacial score (nSPS) is 25.6. The molecule has 2 saturated heterocycles. The number of carbonyl (C=O) groups is 1. The van der Waals surface area contributed by atoms with Crippen LogP contribution in [0.4, 0.5) is 31.1 Å². The molecule has 2 amide bonds. The lowest BCUT2D eigenvalue weighted by molar-refractivity contribution is -0.228. The molecule has 3 aliphatic rings. The van der Waals surface area contributed by atoms with Gasteiger partial charge in [0, 0.05) is 30.6 Å². The summed E-state index contributed by atoms with van der Waals surface area (Å²) in [6.07, 6.45) is -7.57. The number of nitrogens with one attached hydrogen (secondary N) is 1. The molecule has 238 valence electrons. The van der Waals surface area contributed by atoms with Crippen molar-refractivity contribution in [2.75, 3.05) is 39.3 Å². The van der Waals surface area contributed by atoms with E-state index in [0.29, 0.717) is 13.1 Å². The van der Waals surface area contributed by atoms with Gasteiger partial charge in [0.2, 0.25) is 0 Å². The molecular weight excluding hydrogens is 627 g/mol. The zero-order valence-corrected chi connectivity index (χ0v) is 25.6. The minimum atomic E-state index is -5.13. The molecule has 2 aromatic carbocycles. The van der Waals surface area contributed by atoms with E-state index in [0.717, 1.165) is 38.0 Å². The Bertz CT molecular complexity index is 1440. The van der Waals surface area contributed by atoms with Crippen molar-refractivity contribution < 1.29 is 31.1 Å². The van der Waals surface area contributed by atoms with Crippen molar-refractivity contribution in [1.82, 2.24) is 15.1 Å². The lowest BCUT2D eigenvalue weighted by Gasteiger charge is -2.53. The van der Waals surface area contributed by atoms with Gasteiger partial charge in [-0.2, -0.15) is 26.3 Å². The molecule has 0 saturated carbocycles. The minimum absolute atomic E-state index is 0.00144. The second kappa shape index (κ2) is 12.2. The van der Waals surface area contributed by atoms with Crippen molar-refractivity contribution in [3.05, 3.63) is 93.0 Å². The molecule has 0 aromatic heterocycles. The topological polar surface area (TPSA) is 35.6 Å². The third kappa shape index (κ3) is 6.09. The summed E-state index contributed by atoms with van der Waals surface area (Å²) >= 11 is 12.3. The third-order valence-electron chi connectivity index (χ3n) is 9.44. The van der Waals surface area contributed by atoms with E-state index >= 15 is 26.3 Å². The van der Waals surface area contributed by atoms with Gasteiger partial charge in [-0.05, 0) is 86.6 Å². The third-order valence-corrected chi connectivity index (χ3v) is 10.2. The summed E-state index contributed by atoms with van der Waals surface area (Å²) in [4.78, 5) is 15.3. The van der Waals surface area contributed by atoms with E-state index in [2.05, 4.69) is 5.32 Å². The molecule has 44 heavy (non-hydrogen) atoms. The van der Waals surface area contributed by atoms with E-state index in [1.54, 1.807) is 0 Å². The van der Waals surface area contributed by atoms with Crippen molar-refractivity contribution >= 4 is 29.2 Å². The monoisotopic (exact) mass is 659 g/mol.